The van der Waals surface area contributed by atoms with Crippen LogP contribution in [0.4, 0.5) is 0 Å². The maximum Gasteiger partial charge on any atom is 0.127 e. The summed E-state index contributed by atoms with van der Waals surface area (Å²) in [6.45, 7) is 2.03. The van der Waals surface area contributed by atoms with Gasteiger partial charge in [-0.15, -0.1) is 11.3 Å². The first-order chi connectivity index (χ1) is 8.25. The highest BCUT2D eigenvalue weighted by Gasteiger charge is 2.18. The molecule has 1 heterocycles. The Balaban J connectivity index is 2.15. The van der Waals surface area contributed by atoms with Crippen molar-refractivity contribution < 1.29 is 5.11 Å². The van der Waals surface area contributed by atoms with Crippen LogP contribution < -0.4 is 0 Å². The molecule has 1 N–H and O–H groups in total. The molecule has 1 atom stereocenters. The van der Waals surface area contributed by atoms with E-state index >= 15 is 0 Å². The molecular formula is C14H13NOS. The number of aliphatic hydroxyl groups excluding tert-OH is 1. The lowest BCUT2D eigenvalue weighted by Crippen LogP contribution is -2.04. The molecule has 3 heteroatoms. The maximum atomic E-state index is 10.1. The number of aromatic nitrogens is 1. The van der Waals surface area contributed by atoms with Gasteiger partial charge in [-0.1, -0.05) is 31.2 Å². The molecule has 0 bridgehead atoms. The number of aliphatic hydroxyl groups is 1. The minimum absolute atomic E-state index is 0.196. The van der Waals surface area contributed by atoms with Gasteiger partial charge in [-0.2, -0.15) is 0 Å². The lowest BCUT2D eigenvalue weighted by Gasteiger charge is -2.15. The van der Waals surface area contributed by atoms with Gasteiger partial charge in [-0.3, -0.25) is 0 Å². The second-order valence-corrected chi connectivity index (χ2v) is 5.36. The SMILES string of the molecule is CC1CC=CC(c2nc3ccccc3s2)=C1O. The van der Waals surface area contributed by atoms with Crippen molar-refractivity contribution in [2.75, 3.05) is 0 Å². The number of thiazole rings is 1. The molecule has 0 spiro atoms. The molecule has 0 saturated heterocycles. The van der Waals surface area contributed by atoms with Crippen molar-refractivity contribution in [3.63, 3.8) is 0 Å². The first kappa shape index (κ1) is 10.5. The molecule has 0 saturated carbocycles. The summed E-state index contributed by atoms with van der Waals surface area (Å²) in [4.78, 5) is 4.57. The smallest absolute Gasteiger partial charge is 0.127 e. The summed E-state index contributed by atoms with van der Waals surface area (Å²) < 4.78 is 1.16. The van der Waals surface area contributed by atoms with E-state index in [1.54, 1.807) is 11.3 Å². The number of hydrogen-bond acceptors (Lipinski definition) is 3. The number of hydrogen-bond donors (Lipinski definition) is 1. The summed E-state index contributed by atoms with van der Waals surface area (Å²) in [5, 5.41) is 11.0. The second-order valence-electron chi connectivity index (χ2n) is 4.32. The molecule has 1 aliphatic carbocycles. The molecule has 1 aromatic carbocycles. The summed E-state index contributed by atoms with van der Waals surface area (Å²) in [6, 6.07) is 8.06. The minimum Gasteiger partial charge on any atom is -0.511 e. The summed E-state index contributed by atoms with van der Waals surface area (Å²) in [5.74, 6) is 0.661. The highest BCUT2D eigenvalue weighted by Crippen LogP contribution is 2.34. The van der Waals surface area contributed by atoms with Crippen molar-refractivity contribution in [1.29, 1.82) is 0 Å². The van der Waals surface area contributed by atoms with E-state index in [2.05, 4.69) is 17.1 Å². The van der Waals surface area contributed by atoms with Gasteiger partial charge in [0, 0.05) is 11.5 Å². The minimum atomic E-state index is 0.196. The monoisotopic (exact) mass is 243 g/mol. The van der Waals surface area contributed by atoms with Crippen molar-refractivity contribution in [3.8, 4) is 0 Å². The van der Waals surface area contributed by atoms with E-state index in [9.17, 15) is 5.11 Å². The molecule has 2 aromatic rings. The average molecular weight is 243 g/mol. The fourth-order valence-corrected chi connectivity index (χ4v) is 3.02. The van der Waals surface area contributed by atoms with E-state index < -0.39 is 0 Å². The zero-order valence-corrected chi connectivity index (χ0v) is 10.4. The molecule has 0 aliphatic heterocycles. The number of allylic oxidation sites excluding steroid dienone is 4. The highest BCUT2D eigenvalue weighted by atomic mass is 32.1. The molecular weight excluding hydrogens is 230 g/mol. The molecule has 0 fully saturated rings. The Morgan fingerprint density at radius 2 is 2.18 bits per heavy atom. The third kappa shape index (κ3) is 1.76. The van der Waals surface area contributed by atoms with E-state index in [0.717, 1.165) is 27.2 Å². The van der Waals surface area contributed by atoms with Gasteiger partial charge >= 0.3 is 0 Å². The maximum absolute atomic E-state index is 10.1. The van der Waals surface area contributed by atoms with Gasteiger partial charge in [0.05, 0.1) is 10.2 Å². The molecule has 86 valence electrons. The van der Waals surface area contributed by atoms with Crippen LogP contribution in [0.25, 0.3) is 15.8 Å². The van der Waals surface area contributed by atoms with E-state index in [1.807, 2.05) is 31.2 Å². The van der Waals surface area contributed by atoms with Crippen LogP contribution in [0.2, 0.25) is 0 Å². The second kappa shape index (κ2) is 4.00. The third-order valence-corrected chi connectivity index (χ3v) is 4.11. The van der Waals surface area contributed by atoms with Crippen LogP contribution >= 0.6 is 11.3 Å². The lowest BCUT2D eigenvalue weighted by atomic mass is 9.96. The number of benzene rings is 1. The van der Waals surface area contributed by atoms with Gasteiger partial charge in [-0.25, -0.2) is 4.98 Å². The van der Waals surface area contributed by atoms with E-state index in [-0.39, 0.29) is 5.92 Å². The zero-order chi connectivity index (χ0) is 11.8. The Bertz CT molecular complexity index is 591. The quantitative estimate of drug-likeness (QED) is 0.815. The standard InChI is InChI=1S/C14H13NOS/c1-9-5-4-6-10(13(9)16)14-15-11-7-2-3-8-12(11)17-14/h2-4,6-9,16H,5H2,1H3. The molecule has 2 nitrogen and oxygen atoms in total. The van der Waals surface area contributed by atoms with Crippen LogP contribution in [0.5, 0.6) is 0 Å². The van der Waals surface area contributed by atoms with E-state index in [0.29, 0.717) is 5.76 Å². The average Bonchev–Trinajstić information content (AvgIpc) is 2.76. The first-order valence-electron chi connectivity index (χ1n) is 5.71. The molecule has 1 aromatic heterocycles. The van der Waals surface area contributed by atoms with E-state index in [4.69, 9.17) is 0 Å². The molecule has 1 unspecified atom stereocenters. The van der Waals surface area contributed by atoms with Crippen LogP contribution in [0, 0.1) is 5.92 Å². The predicted molar refractivity (Wildman–Crippen MR) is 72.1 cm³/mol. The van der Waals surface area contributed by atoms with Crippen LogP contribution in [-0.4, -0.2) is 10.1 Å². The molecule has 3 rings (SSSR count). The van der Waals surface area contributed by atoms with Crippen molar-refractivity contribution in [2.45, 2.75) is 13.3 Å². The third-order valence-electron chi connectivity index (χ3n) is 3.04. The van der Waals surface area contributed by atoms with Crippen LogP contribution in [0.15, 0.2) is 42.2 Å². The number of rotatable bonds is 1. The Morgan fingerprint density at radius 3 is 3.00 bits per heavy atom. The molecule has 1 aliphatic rings. The molecule has 0 amide bonds. The highest BCUT2D eigenvalue weighted by molar-refractivity contribution is 7.19. The van der Waals surface area contributed by atoms with Crippen LogP contribution in [0.1, 0.15) is 18.4 Å². The molecule has 0 radical (unpaired) electrons. The van der Waals surface area contributed by atoms with Crippen molar-refractivity contribution in [1.82, 2.24) is 4.98 Å². The largest absolute Gasteiger partial charge is 0.511 e. The first-order valence-corrected chi connectivity index (χ1v) is 6.53. The Labute approximate surface area is 104 Å². The Kier molecular flexibility index (Phi) is 2.48. The van der Waals surface area contributed by atoms with Gasteiger partial charge in [-0.05, 0) is 18.6 Å². The van der Waals surface area contributed by atoms with E-state index in [1.165, 1.54) is 0 Å². The van der Waals surface area contributed by atoms with Crippen LogP contribution in [-0.2, 0) is 0 Å². The summed E-state index contributed by atoms with van der Waals surface area (Å²) in [6.07, 6.45) is 4.99. The van der Waals surface area contributed by atoms with Gasteiger partial charge in [0.15, 0.2) is 0 Å². The fourth-order valence-electron chi connectivity index (χ4n) is 2.02. The predicted octanol–water partition coefficient (Wildman–Crippen LogP) is 4.16. The van der Waals surface area contributed by atoms with Gasteiger partial charge in [0.25, 0.3) is 0 Å². The fraction of sp³-hybridized carbons (Fsp3) is 0.214. The number of nitrogens with zero attached hydrogens (tertiary/aromatic N) is 1. The molecule has 17 heavy (non-hydrogen) atoms. The Hall–Kier alpha value is -1.61. The summed E-state index contributed by atoms with van der Waals surface area (Å²) in [5.41, 5.74) is 1.88. The van der Waals surface area contributed by atoms with Gasteiger partial charge in [0.2, 0.25) is 0 Å². The van der Waals surface area contributed by atoms with Gasteiger partial charge < -0.3 is 5.11 Å². The summed E-state index contributed by atoms with van der Waals surface area (Å²) in [7, 11) is 0. The van der Waals surface area contributed by atoms with Crippen molar-refractivity contribution in [3.05, 3.63) is 47.2 Å². The topological polar surface area (TPSA) is 33.1 Å². The number of fused-ring (bicyclic) bond motifs is 1. The Morgan fingerprint density at radius 1 is 1.35 bits per heavy atom. The van der Waals surface area contributed by atoms with Crippen molar-refractivity contribution >= 4 is 27.1 Å². The lowest BCUT2D eigenvalue weighted by molar-refractivity contribution is 0.343. The summed E-state index contributed by atoms with van der Waals surface area (Å²) >= 11 is 1.63. The number of para-hydroxylation sites is 1. The van der Waals surface area contributed by atoms with Gasteiger partial charge in [0.1, 0.15) is 10.8 Å². The van der Waals surface area contributed by atoms with Crippen LogP contribution in [0.3, 0.4) is 0 Å². The zero-order valence-electron chi connectivity index (χ0n) is 9.55. The van der Waals surface area contributed by atoms with Crippen molar-refractivity contribution in [2.24, 2.45) is 5.92 Å². The normalized spacial score (nSPS) is 20.2.